The average Bonchev–Trinajstić information content (AvgIpc) is 2.89. The summed E-state index contributed by atoms with van der Waals surface area (Å²) in [5.41, 5.74) is 1.21. The minimum Gasteiger partial charge on any atom is -0.493 e. The van der Waals surface area contributed by atoms with Crippen molar-refractivity contribution in [2.45, 2.75) is 26.8 Å². The summed E-state index contributed by atoms with van der Waals surface area (Å²) in [4.78, 5) is 0. The smallest absolute Gasteiger partial charge is 0.130 e. The van der Waals surface area contributed by atoms with E-state index in [0.29, 0.717) is 5.92 Å². The molecule has 0 aliphatic heterocycles. The number of hydrogen-bond acceptors (Lipinski definition) is 5. The van der Waals surface area contributed by atoms with Gasteiger partial charge in [-0.1, -0.05) is 30.5 Å². The van der Waals surface area contributed by atoms with Crippen LogP contribution in [0.5, 0.6) is 5.75 Å². The lowest BCUT2D eigenvalue weighted by molar-refractivity contribution is 0.271. The highest BCUT2D eigenvalue weighted by atomic mass is 32.1. The molecule has 1 atom stereocenters. The predicted molar refractivity (Wildman–Crippen MR) is 78.7 cm³/mol. The summed E-state index contributed by atoms with van der Waals surface area (Å²) in [6.45, 7) is 7.15. The number of hydrogen-bond donors (Lipinski definition) is 1. The van der Waals surface area contributed by atoms with Gasteiger partial charge in [-0.05, 0) is 30.5 Å². The van der Waals surface area contributed by atoms with E-state index in [9.17, 15) is 0 Å². The molecule has 0 spiro atoms. The molecule has 1 N–H and O–H groups in total. The van der Waals surface area contributed by atoms with Gasteiger partial charge in [-0.15, -0.1) is 5.10 Å². The molecule has 0 aliphatic carbocycles. The van der Waals surface area contributed by atoms with E-state index >= 15 is 0 Å². The fourth-order valence-electron chi connectivity index (χ4n) is 1.64. The number of rotatable bonds is 6. The first-order valence-corrected chi connectivity index (χ1v) is 7.19. The molecule has 0 radical (unpaired) electrons. The Balaban J connectivity index is 1.93. The Labute approximate surface area is 118 Å². The van der Waals surface area contributed by atoms with Crippen molar-refractivity contribution in [3.8, 4) is 5.75 Å². The Morgan fingerprint density at radius 3 is 2.53 bits per heavy atom. The van der Waals surface area contributed by atoms with Crippen molar-refractivity contribution in [1.29, 1.82) is 0 Å². The van der Waals surface area contributed by atoms with Gasteiger partial charge in [-0.25, -0.2) is 0 Å². The molecule has 1 aromatic heterocycles. The van der Waals surface area contributed by atoms with Gasteiger partial charge < -0.3 is 10.1 Å². The molecular weight excluding hydrogens is 258 g/mol. The Morgan fingerprint density at radius 2 is 1.95 bits per heavy atom. The maximum atomic E-state index is 5.67. The van der Waals surface area contributed by atoms with E-state index in [4.69, 9.17) is 4.74 Å². The number of anilines is 1. The minimum absolute atomic E-state index is 0.224. The van der Waals surface area contributed by atoms with Gasteiger partial charge in [0.15, 0.2) is 0 Å². The highest BCUT2D eigenvalue weighted by molar-refractivity contribution is 7.09. The van der Waals surface area contributed by atoms with Gasteiger partial charge in [-0.2, -0.15) is 0 Å². The number of nitrogens with zero attached hydrogens (tertiary/aromatic N) is 2. The van der Waals surface area contributed by atoms with Crippen LogP contribution in [0, 0.1) is 5.92 Å². The summed E-state index contributed by atoms with van der Waals surface area (Å²) in [5.74, 6) is 1.46. The Hall–Kier alpha value is -1.62. The molecule has 0 fully saturated rings. The zero-order valence-electron chi connectivity index (χ0n) is 11.5. The topological polar surface area (TPSA) is 47.0 Å². The molecule has 19 heavy (non-hydrogen) atoms. The maximum Gasteiger partial charge on any atom is 0.130 e. The van der Waals surface area contributed by atoms with Crippen LogP contribution in [-0.4, -0.2) is 16.2 Å². The molecule has 0 saturated carbocycles. The molecule has 2 aromatic rings. The first-order chi connectivity index (χ1) is 9.15. The first-order valence-electron chi connectivity index (χ1n) is 6.42. The molecule has 0 amide bonds. The van der Waals surface area contributed by atoms with E-state index in [-0.39, 0.29) is 6.04 Å². The summed E-state index contributed by atoms with van der Waals surface area (Å²) in [6.07, 6.45) is 1.74. The van der Waals surface area contributed by atoms with Crippen LogP contribution < -0.4 is 10.1 Å². The molecule has 102 valence electrons. The molecule has 2 rings (SSSR count). The molecule has 0 aliphatic rings. The monoisotopic (exact) mass is 277 g/mol. The van der Waals surface area contributed by atoms with Crippen LogP contribution in [-0.2, 0) is 0 Å². The first kappa shape index (κ1) is 13.8. The summed E-state index contributed by atoms with van der Waals surface area (Å²) in [5, 5.41) is 8.15. The second-order valence-corrected chi connectivity index (χ2v) is 5.71. The van der Waals surface area contributed by atoms with Crippen LogP contribution in [0.3, 0.4) is 0 Å². The van der Waals surface area contributed by atoms with Gasteiger partial charge in [0.1, 0.15) is 10.8 Å². The van der Waals surface area contributed by atoms with Crippen molar-refractivity contribution < 1.29 is 4.74 Å². The normalized spacial score (nSPS) is 12.4. The lowest BCUT2D eigenvalue weighted by atomic mass is 10.1. The van der Waals surface area contributed by atoms with Crippen molar-refractivity contribution in [2.24, 2.45) is 5.92 Å². The molecule has 0 bridgehead atoms. The highest BCUT2D eigenvalue weighted by Crippen LogP contribution is 2.22. The number of ether oxygens (including phenoxy) is 1. The Bertz CT molecular complexity index is 482. The van der Waals surface area contributed by atoms with Crippen LogP contribution >= 0.6 is 11.5 Å². The number of benzene rings is 1. The number of aromatic nitrogens is 2. The summed E-state index contributed by atoms with van der Waals surface area (Å²) in [7, 11) is 0. The van der Waals surface area contributed by atoms with E-state index in [2.05, 4.69) is 47.8 Å². The third-order valence-corrected chi connectivity index (χ3v) is 3.28. The van der Waals surface area contributed by atoms with E-state index in [1.54, 1.807) is 6.20 Å². The molecule has 1 unspecified atom stereocenters. The summed E-state index contributed by atoms with van der Waals surface area (Å²) in [6, 6.07) is 8.42. The molecule has 5 heteroatoms. The van der Waals surface area contributed by atoms with Crippen molar-refractivity contribution in [1.82, 2.24) is 9.59 Å². The van der Waals surface area contributed by atoms with Crippen molar-refractivity contribution >= 4 is 16.5 Å². The molecule has 4 nitrogen and oxygen atoms in total. The molecule has 0 saturated heterocycles. The van der Waals surface area contributed by atoms with Crippen LogP contribution in [0.2, 0.25) is 0 Å². The van der Waals surface area contributed by atoms with Crippen LogP contribution in [0.4, 0.5) is 5.00 Å². The quantitative estimate of drug-likeness (QED) is 0.873. The van der Waals surface area contributed by atoms with Gasteiger partial charge >= 0.3 is 0 Å². The predicted octanol–water partition coefficient (Wildman–Crippen LogP) is 3.75. The Morgan fingerprint density at radius 1 is 1.21 bits per heavy atom. The van der Waals surface area contributed by atoms with Gasteiger partial charge in [0.2, 0.25) is 0 Å². The number of nitrogens with one attached hydrogen (secondary N) is 1. The lowest BCUT2D eigenvalue weighted by Crippen LogP contribution is -2.06. The SMILES string of the molecule is CC(C)COc1ccc(C(C)Nc2cnns2)cc1. The zero-order valence-corrected chi connectivity index (χ0v) is 12.3. The van der Waals surface area contributed by atoms with E-state index in [0.717, 1.165) is 17.4 Å². The second kappa shape index (κ2) is 6.52. The van der Waals surface area contributed by atoms with Crippen molar-refractivity contribution in [3.63, 3.8) is 0 Å². The molecule has 1 aromatic carbocycles. The van der Waals surface area contributed by atoms with E-state index in [1.165, 1.54) is 17.1 Å². The van der Waals surface area contributed by atoms with E-state index in [1.807, 2.05) is 12.1 Å². The standard InChI is InChI=1S/C14H19N3OS/c1-10(2)9-18-13-6-4-12(5-7-13)11(3)16-14-8-15-17-19-14/h4-8,10-11,16H,9H2,1-3H3. The fraction of sp³-hybridized carbons (Fsp3) is 0.429. The largest absolute Gasteiger partial charge is 0.493 e. The molecular formula is C14H19N3OS. The average molecular weight is 277 g/mol. The van der Waals surface area contributed by atoms with Crippen molar-refractivity contribution in [2.75, 3.05) is 11.9 Å². The lowest BCUT2D eigenvalue weighted by Gasteiger charge is -2.14. The van der Waals surface area contributed by atoms with Gasteiger partial charge in [0.25, 0.3) is 0 Å². The highest BCUT2D eigenvalue weighted by Gasteiger charge is 2.07. The van der Waals surface area contributed by atoms with E-state index < -0.39 is 0 Å². The van der Waals surface area contributed by atoms with Gasteiger partial charge in [0, 0.05) is 17.6 Å². The fourth-order valence-corrected chi connectivity index (χ4v) is 2.15. The maximum absolute atomic E-state index is 5.67. The van der Waals surface area contributed by atoms with Gasteiger partial charge in [0.05, 0.1) is 12.8 Å². The van der Waals surface area contributed by atoms with Crippen molar-refractivity contribution in [3.05, 3.63) is 36.0 Å². The third-order valence-electron chi connectivity index (χ3n) is 2.68. The minimum atomic E-state index is 0.224. The Kier molecular flexibility index (Phi) is 4.74. The summed E-state index contributed by atoms with van der Waals surface area (Å²) >= 11 is 1.36. The van der Waals surface area contributed by atoms with Crippen LogP contribution in [0.25, 0.3) is 0 Å². The second-order valence-electron chi connectivity index (χ2n) is 4.92. The summed E-state index contributed by atoms with van der Waals surface area (Å²) < 4.78 is 9.50. The zero-order chi connectivity index (χ0) is 13.7. The van der Waals surface area contributed by atoms with Crippen LogP contribution in [0.1, 0.15) is 32.4 Å². The molecule has 1 heterocycles. The van der Waals surface area contributed by atoms with Gasteiger partial charge in [-0.3, -0.25) is 0 Å². The van der Waals surface area contributed by atoms with Crippen LogP contribution in [0.15, 0.2) is 30.5 Å². The third kappa shape index (κ3) is 4.21.